The summed E-state index contributed by atoms with van der Waals surface area (Å²) in [5, 5.41) is 8.75. The van der Waals surface area contributed by atoms with Crippen LogP contribution in [0.3, 0.4) is 0 Å². The van der Waals surface area contributed by atoms with Crippen LogP contribution in [0, 0.1) is 0 Å². The molecule has 2 aromatic rings. The number of aromatic nitrogens is 4. The van der Waals surface area contributed by atoms with Gasteiger partial charge in [0.25, 0.3) is 5.91 Å². The van der Waals surface area contributed by atoms with Crippen LogP contribution in [0.15, 0.2) is 22.9 Å². The SMILES string of the molecule is COc1n[nH]c(NC(=O)c2ccc(Br)nc2)n1. The summed E-state index contributed by atoms with van der Waals surface area (Å²) in [5.41, 5.74) is 0.420. The minimum atomic E-state index is -0.330. The Labute approximate surface area is 105 Å². The van der Waals surface area contributed by atoms with Crippen molar-refractivity contribution in [3.05, 3.63) is 28.5 Å². The molecule has 0 radical (unpaired) electrons. The van der Waals surface area contributed by atoms with Gasteiger partial charge in [0.1, 0.15) is 4.60 Å². The zero-order valence-electron chi connectivity index (χ0n) is 8.77. The van der Waals surface area contributed by atoms with Crippen molar-refractivity contribution in [3.8, 4) is 6.01 Å². The number of carbonyl (C=O) groups excluding carboxylic acids is 1. The Kier molecular flexibility index (Phi) is 3.33. The summed E-state index contributed by atoms with van der Waals surface area (Å²) in [4.78, 5) is 19.5. The van der Waals surface area contributed by atoms with E-state index in [1.807, 2.05) is 0 Å². The minimum Gasteiger partial charge on any atom is -0.466 e. The number of aromatic amines is 1. The van der Waals surface area contributed by atoms with Crippen LogP contribution in [0.25, 0.3) is 0 Å². The van der Waals surface area contributed by atoms with E-state index in [9.17, 15) is 4.79 Å². The Balaban J connectivity index is 2.08. The van der Waals surface area contributed by atoms with Crippen LogP contribution in [-0.2, 0) is 0 Å². The van der Waals surface area contributed by atoms with Crippen molar-refractivity contribution in [3.63, 3.8) is 0 Å². The van der Waals surface area contributed by atoms with Crippen molar-refractivity contribution in [1.82, 2.24) is 20.2 Å². The molecule has 1 amide bonds. The van der Waals surface area contributed by atoms with E-state index in [1.54, 1.807) is 12.1 Å². The molecule has 0 aliphatic rings. The Morgan fingerprint density at radius 1 is 1.53 bits per heavy atom. The van der Waals surface area contributed by atoms with Crippen LogP contribution >= 0.6 is 15.9 Å². The van der Waals surface area contributed by atoms with Crippen molar-refractivity contribution < 1.29 is 9.53 Å². The van der Waals surface area contributed by atoms with E-state index in [0.29, 0.717) is 10.2 Å². The summed E-state index contributed by atoms with van der Waals surface area (Å²) in [7, 11) is 1.44. The fourth-order valence-electron chi connectivity index (χ4n) is 1.08. The quantitative estimate of drug-likeness (QED) is 0.831. The lowest BCUT2D eigenvalue weighted by Gasteiger charge is -2.00. The van der Waals surface area contributed by atoms with Crippen LogP contribution in [0.5, 0.6) is 6.01 Å². The molecule has 0 saturated carbocycles. The highest BCUT2D eigenvalue weighted by molar-refractivity contribution is 9.10. The second kappa shape index (κ2) is 4.91. The molecule has 0 bridgehead atoms. The maximum atomic E-state index is 11.7. The first-order valence-corrected chi connectivity index (χ1v) is 5.37. The van der Waals surface area contributed by atoms with Gasteiger partial charge in [0.15, 0.2) is 0 Å². The standard InChI is InChI=1S/C9H8BrN5O2/c1-17-9-13-8(14-15-9)12-7(16)5-2-3-6(10)11-4-5/h2-4H,1H3,(H2,12,13,14,15,16). The topological polar surface area (TPSA) is 92.8 Å². The van der Waals surface area contributed by atoms with E-state index in [4.69, 9.17) is 4.74 Å². The van der Waals surface area contributed by atoms with Crippen molar-refractivity contribution in [2.75, 3.05) is 12.4 Å². The van der Waals surface area contributed by atoms with Gasteiger partial charge in [0.05, 0.1) is 12.7 Å². The Bertz CT molecular complexity index is 524. The van der Waals surface area contributed by atoms with Crippen LogP contribution in [0.2, 0.25) is 0 Å². The molecule has 7 nitrogen and oxygen atoms in total. The molecule has 0 aliphatic heterocycles. The molecule has 0 spiro atoms. The molecular formula is C9H8BrN5O2. The lowest BCUT2D eigenvalue weighted by Crippen LogP contribution is -2.13. The molecule has 88 valence electrons. The lowest BCUT2D eigenvalue weighted by molar-refractivity contribution is 0.102. The Morgan fingerprint density at radius 2 is 2.35 bits per heavy atom. The number of pyridine rings is 1. The number of rotatable bonds is 3. The predicted molar refractivity (Wildman–Crippen MR) is 62.8 cm³/mol. The molecule has 8 heteroatoms. The molecule has 2 N–H and O–H groups in total. The summed E-state index contributed by atoms with van der Waals surface area (Å²) in [5.74, 6) is -0.112. The second-order valence-corrected chi connectivity index (χ2v) is 3.81. The van der Waals surface area contributed by atoms with E-state index < -0.39 is 0 Å². The van der Waals surface area contributed by atoms with E-state index in [-0.39, 0.29) is 17.9 Å². The average Bonchev–Trinajstić information content (AvgIpc) is 2.77. The first-order valence-electron chi connectivity index (χ1n) is 4.58. The average molecular weight is 298 g/mol. The van der Waals surface area contributed by atoms with Gasteiger partial charge in [-0.2, -0.15) is 4.98 Å². The predicted octanol–water partition coefficient (Wildman–Crippen LogP) is 1.22. The summed E-state index contributed by atoms with van der Waals surface area (Å²) in [6.45, 7) is 0. The molecule has 0 unspecified atom stereocenters. The van der Waals surface area contributed by atoms with Gasteiger partial charge < -0.3 is 4.74 Å². The van der Waals surface area contributed by atoms with Crippen LogP contribution in [-0.4, -0.2) is 33.2 Å². The number of anilines is 1. The highest BCUT2D eigenvalue weighted by Gasteiger charge is 2.09. The number of amides is 1. The summed E-state index contributed by atoms with van der Waals surface area (Å²) >= 11 is 3.19. The number of ether oxygens (including phenoxy) is 1. The van der Waals surface area contributed by atoms with Crippen molar-refractivity contribution in [2.45, 2.75) is 0 Å². The molecule has 2 aromatic heterocycles. The number of nitrogens with one attached hydrogen (secondary N) is 2. The molecule has 0 fully saturated rings. The molecular weight excluding hydrogens is 290 g/mol. The molecule has 0 aromatic carbocycles. The second-order valence-electron chi connectivity index (χ2n) is 2.99. The lowest BCUT2D eigenvalue weighted by atomic mass is 10.3. The zero-order chi connectivity index (χ0) is 12.3. The number of methoxy groups -OCH3 is 1. The van der Waals surface area contributed by atoms with Gasteiger partial charge in [0.2, 0.25) is 5.95 Å². The van der Waals surface area contributed by atoms with E-state index in [0.717, 1.165) is 0 Å². The smallest absolute Gasteiger partial charge is 0.336 e. The first-order chi connectivity index (χ1) is 8.19. The summed E-state index contributed by atoms with van der Waals surface area (Å²) in [6.07, 6.45) is 1.45. The third-order valence-corrected chi connectivity index (χ3v) is 2.34. The molecule has 0 atom stereocenters. The molecule has 17 heavy (non-hydrogen) atoms. The van der Waals surface area contributed by atoms with E-state index >= 15 is 0 Å². The fourth-order valence-corrected chi connectivity index (χ4v) is 1.32. The fraction of sp³-hybridized carbons (Fsp3) is 0.111. The number of carbonyl (C=O) groups is 1. The van der Waals surface area contributed by atoms with Crippen molar-refractivity contribution in [1.29, 1.82) is 0 Å². The van der Waals surface area contributed by atoms with Crippen LogP contribution in [0.1, 0.15) is 10.4 Å². The Morgan fingerprint density at radius 3 is 2.94 bits per heavy atom. The highest BCUT2D eigenvalue weighted by Crippen LogP contribution is 2.09. The summed E-state index contributed by atoms with van der Waals surface area (Å²) < 4.78 is 5.44. The number of halogens is 1. The monoisotopic (exact) mass is 297 g/mol. The Hall–Kier alpha value is -1.96. The van der Waals surface area contributed by atoms with Gasteiger partial charge in [0, 0.05) is 6.20 Å². The van der Waals surface area contributed by atoms with Crippen LogP contribution in [0.4, 0.5) is 5.95 Å². The van der Waals surface area contributed by atoms with Gasteiger partial charge in [-0.15, -0.1) is 5.10 Å². The highest BCUT2D eigenvalue weighted by atomic mass is 79.9. The number of hydrogen-bond donors (Lipinski definition) is 2. The maximum Gasteiger partial charge on any atom is 0.336 e. The minimum absolute atomic E-state index is 0.161. The number of hydrogen-bond acceptors (Lipinski definition) is 5. The maximum absolute atomic E-state index is 11.7. The van der Waals surface area contributed by atoms with Crippen molar-refractivity contribution >= 4 is 27.8 Å². The van der Waals surface area contributed by atoms with E-state index in [2.05, 4.69) is 41.4 Å². The normalized spacial score (nSPS) is 10.0. The van der Waals surface area contributed by atoms with Gasteiger partial charge in [-0.05, 0) is 28.1 Å². The third-order valence-electron chi connectivity index (χ3n) is 1.87. The molecule has 2 rings (SSSR count). The van der Waals surface area contributed by atoms with Gasteiger partial charge in [-0.25, -0.2) is 10.1 Å². The zero-order valence-corrected chi connectivity index (χ0v) is 10.4. The first kappa shape index (κ1) is 11.5. The van der Waals surface area contributed by atoms with Crippen molar-refractivity contribution in [2.24, 2.45) is 0 Å². The molecule has 0 saturated heterocycles. The molecule has 0 aliphatic carbocycles. The largest absolute Gasteiger partial charge is 0.466 e. The van der Waals surface area contributed by atoms with Crippen LogP contribution < -0.4 is 10.1 Å². The summed E-state index contributed by atoms with van der Waals surface area (Å²) in [6, 6.07) is 3.48. The molecule has 2 heterocycles. The third kappa shape index (κ3) is 2.78. The number of nitrogens with zero attached hydrogens (tertiary/aromatic N) is 3. The van der Waals surface area contributed by atoms with Gasteiger partial charge in [-0.3, -0.25) is 10.1 Å². The van der Waals surface area contributed by atoms with Gasteiger partial charge in [-0.1, -0.05) is 0 Å². The number of H-pyrrole nitrogens is 1. The van der Waals surface area contributed by atoms with E-state index in [1.165, 1.54) is 13.3 Å². The van der Waals surface area contributed by atoms with Gasteiger partial charge >= 0.3 is 6.01 Å².